The summed E-state index contributed by atoms with van der Waals surface area (Å²) in [5.41, 5.74) is 0.806. The second kappa shape index (κ2) is 7.65. The molecule has 0 amide bonds. The van der Waals surface area contributed by atoms with Gasteiger partial charge in [-0.3, -0.25) is 0 Å². The van der Waals surface area contributed by atoms with Gasteiger partial charge in [-0.1, -0.05) is 24.3 Å². The van der Waals surface area contributed by atoms with Crippen LogP contribution in [0.2, 0.25) is 0 Å². The number of ether oxygens (including phenoxy) is 2. The van der Waals surface area contributed by atoms with Crippen molar-refractivity contribution in [3.8, 4) is 5.75 Å². The minimum absolute atomic E-state index is 0.289. The average molecular weight is 412 g/mol. The molecule has 5 nitrogen and oxygen atoms in total. The Balaban J connectivity index is 1.75. The second-order valence-corrected chi connectivity index (χ2v) is 8.18. The molecule has 1 aliphatic heterocycles. The Morgan fingerprint density at radius 2 is 1.83 bits per heavy atom. The third-order valence-corrected chi connectivity index (χ3v) is 6.29. The zero-order chi connectivity index (χ0) is 17.0. The molecule has 24 heavy (non-hydrogen) atoms. The van der Waals surface area contributed by atoms with Gasteiger partial charge >= 0.3 is 0 Å². The first-order chi connectivity index (χ1) is 11.6. The molecule has 3 rings (SSSR count). The van der Waals surface area contributed by atoms with E-state index in [1.165, 1.54) is 4.31 Å². The molecule has 1 aliphatic rings. The zero-order valence-corrected chi connectivity index (χ0v) is 15.4. The Morgan fingerprint density at radius 1 is 1.08 bits per heavy atom. The first-order valence-corrected chi connectivity index (χ1v) is 9.85. The fourth-order valence-electron chi connectivity index (χ4n) is 2.45. The highest BCUT2D eigenvalue weighted by Crippen LogP contribution is 2.25. The van der Waals surface area contributed by atoms with Crippen molar-refractivity contribution < 1.29 is 17.9 Å². The normalized spacial score (nSPS) is 16.0. The molecule has 1 fully saturated rings. The summed E-state index contributed by atoms with van der Waals surface area (Å²) in [7, 11) is -3.49. The molecule has 0 spiro atoms. The molecule has 2 aromatic rings. The maximum atomic E-state index is 12.7. The highest BCUT2D eigenvalue weighted by Gasteiger charge is 2.26. The molecule has 2 aromatic carbocycles. The van der Waals surface area contributed by atoms with Crippen LogP contribution in [-0.4, -0.2) is 39.0 Å². The predicted octanol–water partition coefficient (Wildman–Crippen LogP) is 3.05. The van der Waals surface area contributed by atoms with Crippen LogP contribution in [0.5, 0.6) is 5.75 Å². The van der Waals surface area contributed by atoms with Crippen LogP contribution in [-0.2, 0) is 21.4 Å². The van der Waals surface area contributed by atoms with Gasteiger partial charge in [-0.25, -0.2) is 8.42 Å². The Kier molecular flexibility index (Phi) is 5.55. The molecule has 0 aromatic heterocycles. The van der Waals surface area contributed by atoms with Crippen molar-refractivity contribution in [2.75, 3.05) is 26.3 Å². The molecule has 0 bridgehead atoms. The highest BCUT2D eigenvalue weighted by atomic mass is 79.9. The fraction of sp³-hybridized carbons (Fsp3) is 0.294. The Hall–Kier alpha value is -1.41. The van der Waals surface area contributed by atoms with Crippen molar-refractivity contribution in [3.63, 3.8) is 0 Å². The van der Waals surface area contributed by atoms with E-state index in [2.05, 4.69) is 15.9 Å². The van der Waals surface area contributed by atoms with Crippen molar-refractivity contribution in [2.24, 2.45) is 0 Å². The third kappa shape index (κ3) is 3.97. The van der Waals surface area contributed by atoms with Crippen molar-refractivity contribution in [2.45, 2.75) is 11.5 Å². The Bertz CT molecular complexity index is 804. The quantitative estimate of drug-likeness (QED) is 0.758. The minimum Gasteiger partial charge on any atom is -0.488 e. The molecule has 0 unspecified atom stereocenters. The topological polar surface area (TPSA) is 55.8 Å². The minimum atomic E-state index is -3.49. The van der Waals surface area contributed by atoms with Crippen molar-refractivity contribution in [1.82, 2.24) is 4.31 Å². The number of hydrogen-bond donors (Lipinski definition) is 0. The summed E-state index contributed by atoms with van der Waals surface area (Å²) < 4.78 is 38.7. The van der Waals surface area contributed by atoms with Crippen molar-refractivity contribution >= 4 is 26.0 Å². The molecule has 0 N–H and O–H groups in total. The van der Waals surface area contributed by atoms with Crippen LogP contribution < -0.4 is 4.74 Å². The lowest BCUT2D eigenvalue weighted by molar-refractivity contribution is 0.0730. The van der Waals surface area contributed by atoms with Crippen LogP contribution in [0.3, 0.4) is 0 Å². The first-order valence-electron chi connectivity index (χ1n) is 7.61. The molecule has 1 heterocycles. The average Bonchev–Trinajstić information content (AvgIpc) is 2.62. The molecule has 0 radical (unpaired) electrons. The van der Waals surface area contributed by atoms with Crippen LogP contribution in [0.4, 0.5) is 0 Å². The summed E-state index contributed by atoms with van der Waals surface area (Å²) in [6, 6.07) is 14.4. The largest absolute Gasteiger partial charge is 0.488 e. The van der Waals surface area contributed by atoms with Gasteiger partial charge in [-0.15, -0.1) is 0 Å². The monoisotopic (exact) mass is 411 g/mol. The summed E-state index contributed by atoms with van der Waals surface area (Å²) in [6.07, 6.45) is 0. The van der Waals surface area contributed by atoms with Crippen molar-refractivity contribution in [1.29, 1.82) is 0 Å². The molecule has 7 heteroatoms. The van der Waals surface area contributed by atoms with Gasteiger partial charge in [0, 0.05) is 13.1 Å². The maximum Gasteiger partial charge on any atom is 0.243 e. The molecule has 0 saturated carbocycles. The predicted molar refractivity (Wildman–Crippen MR) is 94.5 cm³/mol. The number of rotatable bonds is 5. The van der Waals surface area contributed by atoms with Crippen LogP contribution in [0.1, 0.15) is 5.56 Å². The number of para-hydroxylation sites is 1. The SMILES string of the molecule is O=S(=O)(c1cccc(COc2ccccc2Br)c1)N1CCOCC1. The van der Waals surface area contributed by atoms with Crippen molar-refractivity contribution in [3.05, 3.63) is 58.6 Å². The second-order valence-electron chi connectivity index (χ2n) is 5.38. The van der Waals surface area contributed by atoms with Gasteiger partial charge in [-0.05, 0) is 45.8 Å². The maximum absolute atomic E-state index is 12.7. The number of halogens is 1. The van der Waals surface area contributed by atoms with E-state index in [4.69, 9.17) is 9.47 Å². The molecular weight excluding hydrogens is 394 g/mol. The summed E-state index contributed by atoms with van der Waals surface area (Å²) in [5, 5.41) is 0. The number of morpholine rings is 1. The van der Waals surface area contributed by atoms with E-state index < -0.39 is 10.0 Å². The summed E-state index contributed by atoms with van der Waals surface area (Å²) >= 11 is 3.43. The van der Waals surface area contributed by atoms with E-state index in [0.717, 1.165) is 15.8 Å². The molecule has 0 atom stereocenters. The fourth-order valence-corrected chi connectivity index (χ4v) is 4.33. The lowest BCUT2D eigenvalue weighted by atomic mass is 10.2. The van der Waals surface area contributed by atoms with E-state index >= 15 is 0 Å². The van der Waals surface area contributed by atoms with Gasteiger partial charge in [0.15, 0.2) is 0 Å². The summed E-state index contributed by atoms with van der Waals surface area (Å²) in [5.74, 6) is 0.721. The van der Waals surface area contributed by atoms with E-state index in [1.54, 1.807) is 18.2 Å². The molecule has 0 aliphatic carbocycles. The third-order valence-electron chi connectivity index (χ3n) is 3.74. The van der Waals surface area contributed by atoms with Crippen LogP contribution in [0.15, 0.2) is 57.9 Å². The molecule has 1 saturated heterocycles. The Labute approximate surface area is 150 Å². The number of sulfonamides is 1. The summed E-state index contributed by atoms with van der Waals surface area (Å²) in [4.78, 5) is 0.289. The van der Waals surface area contributed by atoms with E-state index in [9.17, 15) is 8.42 Å². The van der Waals surface area contributed by atoms with E-state index in [0.29, 0.717) is 32.9 Å². The number of nitrogens with zero attached hydrogens (tertiary/aromatic N) is 1. The van der Waals surface area contributed by atoms with Gasteiger partial charge in [0.25, 0.3) is 0 Å². The first kappa shape index (κ1) is 17.4. The van der Waals surface area contributed by atoms with Gasteiger partial charge in [0.1, 0.15) is 12.4 Å². The van der Waals surface area contributed by atoms with Gasteiger partial charge in [0.05, 0.1) is 22.6 Å². The number of hydrogen-bond acceptors (Lipinski definition) is 4. The molecule has 128 valence electrons. The highest BCUT2D eigenvalue weighted by molar-refractivity contribution is 9.10. The standard InChI is InChI=1S/C17H18BrNO4S/c18-16-6-1-2-7-17(16)23-13-14-4-3-5-15(12-14)24(20,21)19-8-10-22-11-9-19/h1-7,12H,8-11,13H2. The van der Waals surface area contributed by atoms with Gasteiger partial charge < -0.3 is 9.47 Å². The Morgan fingerprint density at radius 3 is 2.58 bits per heavy atom. The van der Waals surface area contributed by atoms with Crippen LogP contribution >= 0.6 is 15.9 Å². The summed E-state index contributed by atoms with van der Waals surface area (Å²) in [6.45, 7) is 1.95. The lowest BCUT2D eigenvalue weighted by Gasteiger charge is -2.26. The smallest absolute Gasteiger partial charge is 0.243 e. The van der Waals surface area contributed by atoms with Crippen LogP contribution in [0.25, 0.3) is 0 Å². The zero-order valence-electron chi connectivity index (χ0n) is 13.0. The van der Waals surface area contributed by atoms with E-state index in [1.807, 2.05) is 30.3 Å². The van der Waals surface area contributed by atoms with E-state index in [-0.39, 0.29) is 4.90 Å². The lowest BCUT2D eigenvalue weighted by Crippen LogP contribution is -2.40. The molecular formula is C17H18BrNO4S. The van der Waals surface area contributed by atoms with Crippen LogP contribution in [0, 0.1) is 0 Å². The number of benzene rings is 2. The van der Waals surface area contributed by atoms with Gasteiger partial charge in [-0.2, -0.15) is 4.31 Å². The van der Waals surface area contributed by atoms with Gasteiger partial charge in [0.2, 0.25) is 10.0 Å².